The molecule has 0 aromatic carbocycles. The highest BCUT2D eigenvalue weighted by molar-refractivity contribution is 5.76. The highest BCUT2D eigenvalue weighted by Crippen LogP contribution is 2.15. The molecule has 1 amide bonds. The summed E-state index contributed by atoms with van der Waals surface area (Å²) in [5, 5.41) is 23.1. The molecule has 0 fully saturated rings. The van der Waals surface area contributed by atoms with Gasteiger partial charge in [-0.3, -0.25) is 4.79 Å². The molecule has 0 saturated heterocycles. The summed E-state index contributed by atoms with van der Waals surface area (Å²) in [5.74, 6) is -0.0823. The van der Waals surface area contributed by atoms with Gasteiger partial charge < -0.3 is 15.5 Å². The fraction of sp³-hybridized carbons (Fsp3) is 0.788. The molecule has 4 heteroatoms. The van der Waals surface area contributed by atoms with Gasteiger partial charge in [0.05, 0.1) is 18.8 Å². The van der Waals surface area contributed by atoms with E-state index in [0.29, 0.717) is 6.42 Å². The Bertz CT molecular complexity index is 934. The van der Waals surface area contributed by atoms with Gasteiger partial charge in [-0.1, -0.05) is 229 Å². The number of carbonyl (C=O) groups excluding carboxylic acids is 1. The smallest absolute Gasteiger partial charge is 0.220 e. The van der Waals surface area contributed by atoms with E-state index in [1.54, 1.807) is 6.08 Å². The Morgan fingerprint density at radius 1 is 0.429 bits per heavy atom. The lowest BCUT2D eigenvalue weighted by atomic mass is 10.0. The van der Waals surface area contributed by atoms with Crippen LogP contribution in [0.4, 0.5) is 0 Å². The lowest BCUT2D eigenvalue weighted by molar-refractivity contribution is -0.123. The number of unbranched alkanes of at least 4 members (excludes halogenated alkanes) is 30. The molecule has 0 aromatic rings. The lowest BCUT2D eigenvalue weighted by Gasteiger charge is -2.19. The third-order valence-electron chi connectivity index (χ3n) is 11.0. The Morgan fingerprint density at radius 2 is 0.750 bits per heavy atom. The van der Waals surface area contributed by atoms with Crippen LogP contribution in [-0.2, 0) is 4.79 Å². The number of nitrogens with one attached hydrogen (secondary N) is 1. The van der Waals surface area contributed by atoms with Crippen molar-refractivity contribution < 1.29 is 15.0 Å². The van der Waals surface area contributed by atoms with Crippen LogP contribution in [0.15, 0.2) is 60.8 Å². The summed E-state index contributed by atoms with van der Waals surface area (Å²) in [7, 11) is 0. The molecule has 4 nitrogen and oxygen atoms in total. The summed E-state index contributed by atoms with van der Waals surface area (Å²) >= 11 is 0. The largest absolute Gasteiger partial charge is 0.394 e. The molecule has 3 N–H and O–H groups in total. The van der Waals surface area contributed by atoms with Gasteiger partial charge in [-0.05, 0) is 70.6 Å². The predicted molar refractivity (Wildman–Crippen MR) is 248 cm³/mol. The van der Waals surface area contributed by atoms with E-state index in [4.69, 9.17) is 0 Å². The Kier molecular flexibility index (Phi) is 45.8. The molecule has 0 aliphatic rings. The average Bonchev–Trinajstić information content (AvgIpc) is 3.20. The first-order chi connectivity index (χ1) is 27.7. The second-order valence-electron chi connectivity index (χ2n) is 16.5. The van der Waals surface area contributed by atoms with Gasteiger partial charge in [-0.2, -0.15) is 0 Å². The van der Waals surface area contributed by atoms with Crippen molar-refractivity contribution in [3.05, 3.63) is 60.8 Å². The predicted octanol–water partition coefficient (Wildman–Crippen LogP) is 15.7. The number of rotatable bonds is 44. The van der Waals surface area contributed by atoms with Gasteiger partial charge in [-0.15, -0.1) is 0 Å². The van der Waals surface area contributed by atoms with Crippen molar-refractivity contribution in [2.24, 2.45) is 0 Å². The van der Waals surface area contributed by atoms with Crippen molar-refractivity contribution in [1.29, 1.82) is 0 Å². The van der Waals surface area contributed by atoms with Crippen LogP contribution < -0.4 is 5.32 Å². The number of aliphatic hydroxyl groups excluding tert-OH is 2. The van der Waals surface area contributed by atoms with Gasteiger partial charge in [0.15, 0.2) is 0 Å². The van der Waals surface area contributed by atoms with Crippen LogP contribution in [0.25, 0.3) is 0 Å². The van der Waals surface area contributed by atoms with E-state index < -0.39 is 12.1 Å². The van der Waals surface area contributed by atoms with Crippen LogP contribution in [0.3, 0.4) is 0 Å². The van der Waals surface area contributed by atoms with Gasteiger partial charge in [0.2, 0.25) is 5.91 Å². The van der Waals surface area contributed by atoms with Crippen molar-refractivity contribution >= 4 is 5.91 Å². The molecular weight excluding hydrogens is 687 g/mol. The first-order valence-electron chi connectivity index (χ1n) is 24.5. The first kappa shape index (κ1) is 54.1. The van der Waals surface area contributed by atoms with Crippen molar-refractivity contribution in [2.75, 3.05) is 6.61 Å². The van der Waals surface area contributed by atoms with Crippen LogP contribution in [0.1, 0.15) is 245 Å². The SMILES string of the molecule is CCCCC/C=C\C=C/CCCCCCCCCCCCC(=O)NC(CO)C(O)/C=C/CC/C=C/CC/C=C/CCCCCCCCCCCCCCCCC. The van der Waals surface area contributed by atoms with Crippen molar-refractivity contribution in [3.8, 4) is 0 Å². The third kappa shape index (κ3) is 43.2. The molecule has 0 spiro atoms. The topological polar surface area (TPSA) is 69.6 Å². The molecule has 0 rings (SSSR count). The molecule has 0 heterocycles. The molecule has 0 radical (unpaired) electrons. The maximum absolute atomic E-state index is 12.4. The Labute approximate surface area is 349 Å². The summed E-state index contributed by atoms with van der Waals surface area (Å²) in [6.07, 6.45) is 66.3. The van der Waals surface area contributed by atoms with Crippen LogP contribution in [0.5, 0.6) is 0 Å². The van der Waals surface area contributed by atoms with E-state index >= 15 is 0 Å². The highest BCUT2D eigenvalue weighted by Gasteiger charge is 2.17. The van der Waals surface area contributed by atoms with E-state index in [1.165, 1.54) is 186 Å². The van der Waals surface area contributed by atoms with Gasteiger partial charge >= 0.3 is 0 Å². The van der Waals surface area contributed by atoms with E-state index in [0.717, 1.165) is 38.5 Å². The van der Waals surface area contributed by atoms with Crippen LogP contribution in [-0.4, -0.2) is 34.9 Å². The maximum atomic E-state index is 12.4. The minimum absolute atomic E-state index is 0.0823. The third-order valence-corrected chi connectivity index (χ3v) is 11.0. The van der Waals surface area contributed by atoms with E-state index in [1.807, 2.05) is 6.08 Å². The van der Waals surface area contributed by atoms with Crippen LogP contribution in [0.2, 0.25) is 0 Å². The monoisotopic (exact) mass is 782 g/mol. The van der Waals surface area contributed by atoms with Crippen molar-refractivity contribution in [3.63, 3.8) is 0 Å². The Morgan fingerprint density at radius 3 is 1.18 bits per heavy atom. The summed E-state index contributed by atoms with van der Waals surface area (Å²) in [6, 6.07) is -0.649. The minimum atomic E-state index is -0.874. The van der Waals surface area contributed by atoms with Crippen molar-refractivity contribution in [2.45, 2.75) is 257 Å². The molecule has 326 valence electrons. The zero-order valence-electron chi connectivity index (χ0n) is 37.4. The molecular formula is C52H95NO3. The highest BCUT2D eigenvalue weighted by atomic mass is 16.3. The maximum Gasteiger partial charge on any atom is 0.220 e. The normalized spacial score (nSPS) is 13.4. The fourth-order valence-corrected chi connectivity index (χ4v) is 7.20. The van der Waals surface area contributed by atoms with Crippen molar-refractivity contribution in [1.82, 2.24) is 5.32 Å². The zero-order chi connectivity index (χ0) is 40.7. The zero-order valence-corrected chi connectivity index (χ0v) is 37.4. The lowest BCUT2D eigenvalue weighted by Crippen LogP contribution is -2.45. The van der Waals surface area contributed by atoms with Crippen LogP contribution in [0, 0.1) is 0 Å². The van der Waals surface area contributed by atoms with Gasteiger partial charge in [0.1, 0.15) is 0 Å². The average molecular weight is 782 g/mol. The fourth-order valence-electron chi connectivity index (χ4n) is 7.20. The second kappa shape index (κ2) is 47.5. The van der Waals surface area contributed by atoms with E-state index in [-0.39, 0.29) is 12.5 Å². The summed E-state index contributed by atoms with van der Waals surface area (Å²) < 4.78 is 0. The number of hydrogen-bond acceptors (Lipinski definition) is 3. The molecule has 0 aliphatic carbocycles. The van der Waals surface area contributed by atoms with E-state index in [2.05, 4.69) is 67.8 Å². The summed E-state index contributed by atoms with van der Waals surface area (Å²) in [5.41, 5.74) is 0. The molecule has 56 heavy (non-hydrogen) atoms. The standard InChI is InChI=1S/C52H95NO3/c1-3-5-7-9-11-13-15-17-19-21-23-24-25-26-27-28-30-31-33-35-37-39-41-43-45-47-51(55)50(49-54)53-52(56)48-46-44-42-40-38-36-34-32-29-22-20-18-16-14-12-10-8-6-4-2/h12,14,16,18,30-31,37,39,45,47,50-51,54-55H,3-11,13,15,17,19-29,32-36,38,40-44,46,48-49H2,1-2H3,(H,53,56)/b14-12-,18-16-,31-30+,39-37+,47-45+. The molecule has 0 aromatic heterocycles. The Balaban J connectivity index is 3.62. The minimum Gasteiger partial charge on any atom is -0.394 e. The molecule has 2 unspecified atom stereocenters. The van der Waals surface area contributed by atoms with Gasteiger partial charge in [-0.25, -0.2) is 0 Å². The molecule has 0 bridgehead atoms. The summed E-state index contributed by atoms with van der Waals surface area (Å²) in [6.45, 7) is 4.27. The van der Waals surface area contributed by atoms with E-state index in [9.17, 15) is 15.0 Å². The summed E-state index contributed by atoms with van der Waals surface area (Å²) in [4.78, 5) is 12.4. The molecule has 2 atom stereocenters. The number of aliphatic hydroxyl groups is 2. The second-order valence-corrected chi connectivity index (χ2v) is 16.5. The number of allylic oxidation sites excluding steroid dienone is 9. The molecule has 0 aliphatic heterocycles. The van der Waals surface area contributed by atoms with Crippen LogP contribution >= 0.6 is 0 Å². The van der Waals surface area contributed by atoms with Gasteiger partial charge in [0.25, 0.3) is 0 Å². The molecule has 0 saturated carbocycles. The number of carbonyl (C=O) groups is 1. The number of amides is 1. The quantitative estimate of drug-likeness (QED) is 0.0328. The number of hydrogen-bond donors (Lipinski definition) is 3. The Hall–Kier alpha value is -1.91. The van der Waals surface area contributed by atoms with Gasteiger partial charge in [0, 0.05) is 6.42 Å². The first-order valence-corrected chi connectivity index (χ1v) is 24.5.